The Bertz CT molecular complexity index is 429. The van der Waals surface area contributed by atoms with Gasteiger partial charge in [0.1, 0.15) is 11.6 Å². The zero-order valence-electron chi connectivity index (χ0n) is 9.62. The summed E-state index contributed by atoms with van der Waals surface area (Å²) in [5, 5.41) is 0. The summed E-state index contributed by atoms with van der Waals surface area (Å²) in [4.78, 5) is 14.6. The summed E-state index contributed by atoms with van der Waals surface area (Å²) >= 11 is 0. The summed E-state index contributed by atoms with van der Waals surface area (Å²) in [6.45, 7) is 3.66. The number of halogens is 2. The lowest BCUT2D eigenvalue weighted by Crippen LogP contribution is -2.48. The van der Waals surface area contributed by atoms with Crippen molar-refractivity contribution in [3.05, 3.63) is 29.8 Å². The smallest absolute Gasteiger partial charge is 0.219 e. The lowest BCUT2D eigenvalue weighted by atomic mass is 10.2. The molecule has 92 valence electrons. The van der Waals surface area contributed by atoms with Crippen molar-refractivity contribution in [3.63, 3.8) is 0 Å². The van der Waals surface area contributed by atoms with Crippen LogP contribution < -0.4 is 4.90 Å². The molecule has 1 fully saturated rings. The van der Waals surface area contributed by atoms with Crippen LogP contribution in [0.2, 0.25) is 0 Å². The first-order chi connectivity index (χ1) is 8.08. The standard InChI is InChI=1S/C12H14F2N2O/c1-9(17)15-4-6-16(7-5-15)12-8-10(13)2-3-11(12)14/h2-3,8H,4-7H2,1H3. The number of rotatable bonds is 1. The lowest BCUT2D eigenvalue weighted by molar-refractivity contribution is -0.129. The number of nitrogens with zero attached hydrogens (tertiary/aromatic N) is 2. The predicted molar refractivity (Wildman–Crippen MR) is 60.8 cm³/mol. The summed E-state index contributed by atoms with van der Waals surface area (Å²) in [5.41, 5.74) is 0.271. The number of anilines is 1. The minimum absolute atomic E-state index is 0.0179. The average molecular weight is 240 g/mol. The number of benzene rings is 1. The van der Waals surface area contributed by atoms with Gasteiger partial charge in [-0.25, -0.2) is 8.78 Å². The first-order valence-electron chi connectivity index (χ1n) is 5.53. The second kappa shape index (κ2) is 4.69. The fraction of sp³-hybridized carbons (Fsp3) is 0.417. The second-order valence-corrected chi connectivity index (χ2v) is 4.09. The van der Waals surface area contributed by atoms with E-state index in [1.807, 2.05) is 0 Å². The summed E-state index contributed by atoms with van der Waals surface area (Å²) < 4.78 is 26.6. The van der Waals surface area contributed by atoms with Crippen LogP contribution in [0.15, 0.2) is 18.2 Å². The lowest BCUT2D eigenvalue weighted by Gasteiger charge is -2.35. The highest BCUT2D eigenvalue weighted by molar-refractivity contribution is 5.73. The molecule has 0 aliphatic carbocycles. The fourth-order valence-corrected chi connectivity index (χ4v) is 1.99. The van der Waals surface area contributed by atoms with Crippen molar-refractivity contribution in [3.8, 4) is 0 Å². The fourth-order valence-electron chi connectivity index (χ4n) is 1.99. The molecule has 0 saturated carbocycles. The number of carbonyl (C=O) groups excluding carboxylic acids is 1. The molecule has 1 aliphatic heterocycles. The zero-order chi connectivity index (χ0) is 12.4. The van der Waals surface area contributed by atoms with Gasteiger partial charge in [0.05, 0.1) is 5.69 Å². The molecule has 0 N–H and O–H groups in total. The molecule has 1 aromatic carbocycles. The number of amides is 1. The van der Waals surface area contributed by atoms with Crippen LogP contribution in [0.25, 0.3) is 0 Å². The Labute approximate surface area is 98.6 Å². The third-order valence-electron chi connectivity index (χ3n) is 2.97. The van der Waals surface area contributed by atoms with Gasteiger partial charge in [0.25, 0.3) is 0 Å². The van der Waals surface area contributed by atoms with Crippen molar-refractivity contribution in [2.24, 2.45) is 0 Å². The molecule has 5 heteroatoms. The molecule has 0 atom stereocenters. The molecule has 1 heterocycles. The normalized spacial score (nSPS) is 16.2. The monoisotopic (exact) mass is 240 g/mol. The molecule has 0 bridgehead atoms. The molecule has 17 heavy (non-hydrogen) atoms. The van der Waals surface area contributed by atoms with Gasteiger partial charge in [-0.3, -0.25) is 4.79 Å². The molecule has 0 unspecified atom stereocenters. The highest BCUT2D eigenvalue weighted by Crippen LogP contribution is 2.21. The SMILES string of the molecule is CC(=O)N1CCN(c2cc(F)ccc2F)CC1. The molecule has 0 aromatic heterocycles. The number of hydrogen-bond donors (Lipinski definition) is 0. The molecule has 1 amide bonds. The summed E-state index contributed by atoms with van der Waals surface area (Å²) in [7, 11) is 0. The molecule has 3 nitrogen and oxygen atoms in total. The number of carbonyl (C=O) groups is 1. The van der Waals surface area contributed by atoms with Crippen molar-refractivity contribution >= 4 is 11.6 Å². The molecule has 1 aromatic rings. The largest absolute Gasteiger partial charge is 0.366 e. The van der Waals surface area contributed by atoms with Crippen molar-refractivity contribution < 1.29 is 13.6 Å². The summed E-state index contributed by atoms with van der Waals surface area (Å²) in [5.74, 6) is -0.859. The van der Waals surface area contributed by atoms with Gasteiger partial charge < -0.3 is 9.80 Å². The van der Waals surface area contributed by atoms with Gasteiger partial charge in [0.2, 0.25) is 5.91 Å². The third-order valence-corrected chi connectivity index (χ3v) is 2.97. The van der Waals surface area contributed by atoms with E-state index in [1.54, 1.807) is 9.80 Å². The Hall–Kier alpha value is -1.65. The summed E-state index contributed by atoms with van der Waals surface area (Å²) in [6, 6.07) is 3.42. The van der Waals surface area contributed by atoms with E-state index in [9.17, 15) is 13.6 Å². The van der Waals surface area contributed by atoms with E-state index in [0.717, 1.165) is 12.1 Å². The van der Waals surface area contributed by atoms with E-state index in [4.69, 9.17) is 0 Å². The van der Waals surface area contributed by atoms with Crippen LogP contribution in [0.4, 0.5) is 14.5 Å². The molecule has 1 saturated heterocycles. The van der Waals surface area contributed by atoms with Crippen LogP contribution in [0, 0.1) is 11.6 Å². The molecular formula is C12H14F2N2O. The number of hydrogen-bond acceptors (Lipinski definition) is 2. The Kier molecular flexibility index (Phi) is 3.26. The van der Waals surface area contributed by atoms with Gasteiger partial charge in [0.15, 0.2) is 0 Å². The van der Waals surface area contributed by atoms with Gasteiger partial charge in [-0.2, -0.15) is 0 Å². The van der Waals surface area contributed by atoms with E-state index in [2.05, 4.69) is 0 Å². The van der Waals surface area contributed by atoms with Crippen LogP contribution in [-0.4, -0.2) is 37.0 Å². The zero-order valence-corrected chi connectivity index (χ0v) is 9.62. The van der Waals surface area contributed by atoms with Crippen LogP contribution in [0.1, 0.15) is 6.92 Å². The Balaban J connectivity index is 2.10. The van der Waals surface area contributed by atoms with E-state index in [1.165, 1.54) is 13.0 Å². The van der Waals surface area contributed by atoms with E-state index < -0.39 is 11.6 Å². The van der Waals surface area contributed by atoms with E-state index in [-0.39, 0.29) is 11.6 Å². The second-order valence-electron chi connectivity index (χ2n) is 4.09. The van der Waals surface area contributed by atoms with Gasteiger partial charge in [-0.15, -0.1) is 0 Å². The van der Waals surface area contributed by atoms with Gasteiger partial charge in [-0.05, 0) is 12.1 Å². The quantitative estimate of drug-likeness (QED) is 0.745. The maximum absolute atomic E-state index is 13.5. The van der Waals surface area contributed by atoms with Crippen molar-refractivity contribution in [1.82, 2.24) is 4.90 Å². The topological polar surface area (TPSA) is 23.6 Å². The Morgan fingerprint density at radius 1 is 1.18 bits per heavy atom. The Morgan fingerprint density at radius 3 is 2.41 bits per heavy atom. The van der Waals surface area contributed by atoms with Crippen molar-refractivity contribution in [1.29, 1.82) is 0 Å². The first-order valence-corrected chi connectivity index (χ1v) is 5.53. The van der Waals surface area contributed by atoms with Gasteiger partial charge >= 0.3 is 0 Å². The first kappa shape index (κ1) is 11.8. The van der Waals surface area contributed by atoms with Crippen LogP contribution in [-0.2, 0) is 4.79 Å². The van der Waals surface area contributed by atoms with Crippen LogP contribution in [0.3, 0.4) is 0 Å². The minimum atomic E-state index is -0.449. The summed E-state index contributed by atoms with van der Waals surface area (Å²) in [6.07, 6.45) is 0. The maximum atomic E-state index is 13.5. The number of piperazine rings is 1. The highest BCUT2D eigenvalue weighted by atomic mass is 19.1. The van der Waals surface area contributed by atoms with E-state index >= 15 is 0 Å². The van der Waals surface area contributed by atoms with E-state index in [0.29, 0.717) is 26.2 Å². The van der Waals surface area contributed by atoms with Crippen molar-refractivity contribution in [2.45, 2.75) is 6.92 Å². The Morgan fingerprint density at radius 2 is 1.82 bits per heavy atom. The van der Waals surface area contributed by atoms with Gasteiger partial charge in [0, 0.05) is 39.2 Å². The molecule has 2 rings (SSSR count). The predicted octanol–water partition coefficient (Wildman–Crippen LogP) is 1.63. The molecular weight excluding hydrogens is 226 g/mol. The maximum Gasteiger partial charge on any atom is 0.219 e. The molecule has 1 aliphatic rings. The third kappa shape index (κ3) is 2.54. The van der Waals surface area contributed by atoms with Crippen LogP contribution >= 0.6 is 0 Å². The molecule has 0 spiro atoms. The van der Waals surface area contributed by atoms with Crippen molar-refractivity contribution in [2.75, 3.05) is 31.1 Å². The molecule has 0 radical (unpaired) electrons. The van der Waals surface area contributed by atoms with Crippen LogP contribution in [0.5, 0.6) is 0 Å². The average Bonchev–Trinajstić information content (AvgIpc) is 2.32. The van der Waals surface area contributed by atoms with Gasteiger partial charge in [-0.1, -0.05) is 0 Å². The highest BCUT2D eigenvalue weighted by Gasteiger charge is 2.20. The minimum Gasteiger partial charge on any atom is -0.366 e.